The zero-order valence-corrected chi connectivity index (χ0v) is 15.5. The minimum Gasteiger partial charge on any atom is -0.497 e. The lowest BCUT2D eigenvalue weighted by molar-refractivity contribution is 0.258. The van der Waals surface area contributed by atoms with Gasteiger partial charge >= 0.3 is 0 Å². The van der Waals surface area contributed by atoms with Gasteiger partial charge in [0.1, 0.15) is 5.75 Å². The highest BCUT2D eigenvalue weighted by molar-refractivity contribution is 7.99. The molecule has 2 aromatic carbocycles. The molecule has 2 rings (SSSR count). The van der Waals surface area contributed by atoms with Crippen LogP contribution in [0.4, 0.5) is 5.69 Å². The third-order valence-electron chi connectivity index (χ3n) is 3.92. The highest BCUT2D eigenvalue weighted by Crippen LogP contribution is 2.33. The Labute approximate surface area is 149 Å². The summed E-state index contributed by atoms with van der Waals surface area (Å²) >= 11 is 1.87. The van der Waals surface area contributed by atoms with E-state index in [0.29, 0.717) is 11.2 Å². The fourth-order valence-corrected chi connectivity index (χ4v) is 3.84. The number of methoxy groups -OCH3 is 2. The van der Waals surface area contributed by atoms with Crippen molar-refractivity contribution >= 4 is 17.4 Å². The smallest absolute Gasteiger partial charge is 0.119 e. The van der Waals surface area contributed by atoms with Gasteiger partial charge in [0.05, 0.1) is 19.1 Å². The largest absolute Gasteiger partial charge is 0.497 e. The molecule has 2 atom stereocenters. The topological polar surface area (TPSA) is 30.5 Å². The lowest BCUT2D eigenvalue weighted by atomic mass is 10.00. The molecule has 4 heteroatoms. The first-order valence-electron chi connectivity index (χ1n) is 8.34. The Morgan fingerprint density at radius 2 is 1.71 bits per heavy atom. The lowest BCUT2D eigenvalue weighted by Crippen LogP contribution is -2.24. The zero-order chi connectivity index (χ0) is 17.2. The summed E-state index contributed by atoms with van der Waals surface area (Å²) in [5.41, 5.74) is 2.40. The summed E-state index contributed by atoms with van der Waals surface area (Å²) in [4.78, 5) is 0. The van der Waals surface area contributed by atoms with Gasteiger partial charge in [-0.2, -0.15) is 0 Å². The van der Waals surface area contributed by atoms with E-state index in [-0.39, 0.29) is 6.04 Å². The van der Waals surface area contributed by atoms with Gasteiger partial charge in [-0.15, -0.1) is 11.8 Å². The molecule has 0 radical (unpaired) electrons. The number of rotatable bonds is 10. The second-order valence-corrected chi connectivity index (χ2v) is 6.84. The minimum atomic E-state index is 0.236. The number of hydrogen-bond donors (Lipinski definition) is 1. The molecule has 0 aliphatic heterocycles. The van der Waals surface area contributed by atoms with E-state index in [0.717, 1.165) is 24.3 Å². The number of ether oxygens (including phenoxy) is 2. The standard InChI is InChI=1S/C20H27NO2S/c1-4-8-19(24-15-22-2)20(16-9-6-5-7-10-16)21-17-11-13-18(23-3)14-12-17/h5-7,9-14,19-21H,4,8,15H2,1-3H3. The van der Waals surface area contributed by atoms with Crippen molar-refractivity contribution in [1.82, 2.24) is 0 Å². The number of nitrogens with one attached hydrogen (secondary N) is 1. The van der Waals surface area contributed by atoms with Gasteiger partial charge in [0.15, 0.2) is 0 Å². The Morgan fingerprint density at radius 3 is 2.29 bits per heavy atom. The molecule has 3 nitrogen and oxygen atoms in total. The first-order chi connectivity index (χ1) is 11.8. The van der Waals surface area contributed by atoms with Gasteiger partial charge in [0, 0.05) is 18.0 Å². The Bertz CT molecular complexity index is 574. The molecule has 0 aromatic heterocycles. The van der Waals surface area contributed by atoms with E-state index in [4.69, 9.17) is 9.47 Å². The van der Waals surface area contributed by atoms with E-state index in [9.17, 15) is 0 Å². The van der Waals surface area contributed by atoms with Crippen LogP contribution >= 0.6 is 11.8 Å². The molecule has 1 N–H and O–H groups in total. The number of anilines is 1. The molecule has 0 aliphatic rings. The van der Waals surface area contributed by atoms with E-state index in [1.165, 1.54) is 5.56 Å². The summed E-state index contributed by atoms with van der Waals surface area (Å²) < 4.78 is 10.6. The van der Waals surface area contributed by atoms with Crippen LogP contribution in [0.5, 0.6) is 5.75 Å². The van der Waals surface area contributed by atoms with Crippen LogP contribution in [-0.4, -0.2) is 25.4 Å². The first kappa shape index (κ1) is 18.7. The Balaban J connectivity index is 2.23. The molecular formula is C20H27NO2S. The second-order valence-electron chi connectivity index (χ2n) is 5.66. The molecule has 0 aliphatic carbocycles. The molecule has 0 spiro atoms. The van der Waals surface area contributed by atoms with Crippen LogP contribution in [0.2, 0.25) is 0 Å². The maximum absolute atomic E-state index is 5.30. The van der Waals surface area contributed by atoms with Crippen molar-refractivity contribution in [2.45, 2.75) is 31.1 Å². The van der Waals surface area contributed by atoms with Crippen molar-refractivity contribution in [1.29, 1.82) is 0 Å². The quantitative estimate of drug-likeness (QED) is 0.588. The van der Waals surface area contributed by atoms with E-state index in [1.807, 2.05) is 23.9 Å². The third kappa shape index (κ3) is 5.46. The van der Waals surface area contributed by atoms with E-state index < -0.39 is 0 Å². The van der Waals surface area contributed by atoms with Crippen LogP contribution in [0.15, 0.2) is 54.6 Å². The molecule has 0 heterocycles. The molecular weight excluding hydrogens is 318 g/mol. The van der Waals surface area contributed by atoms with Gasteiger partial charge in [-0.1, -0.05) is 43.7 Å². The van der Waals surface area contributed by atoms with Gasteiger partial charge < -0.3 is 14.8 Å². The van der Waals surface area contributed by atoms with Gasteiger partial charge in [-0.05, 0) is 36.2 Å². The van der Waals surface area contributed by atoms with Crippen molar-refractivity contribution in [2.24, 2.45) is 0 Å². The lowest BCUT2D eigenvalue weighted by Gasteiger charge is -2.29. The van der Waals surface area contributed by atoms with E-state index in [1.54, 1.807) is 14.2 Å². The molecule has 24 heavy (non-hydrogen) atoms. The van der Waals surface area contributed by atoms with Gasteiger partial charge in [-0.25, -0.2) is 0 Å². The molecule has 2 unspecified atom stereocenters. The summed E-state index contributed by atoms with van der Waals surface area (Å²) in [5, 5.41) is 4.15. The van der Waals surface area contributed by atoms with Crippen molar-refractivity contribution < 1.29 is 9.47 Å². The monoisotopic (exact) mass is 345 g/mol. The molecule has 130 valence electrons. The van der Waals surface area contributed by atoms with Crippen molar-refractivity contribution in [2.75, 3.05) is 25.5 Å². The van der Waals surface area contributed by atoms with Crippen LogP contribution in [0.3, 0.4) is 0 Å². The summed E-state index contributed by atoms with van der Waals surface area (Å²) in [6.07, 6.45) is 2.28. The van der Waals surface area contributed by atoms with Crippen molar-refractivity contribution in [3.8, 4) is 5.75 Å². The maximum Gasteiger partial charge on any atom is 0.119 e. The maximum atomic E-state index is 5.30. The van der Waals surface area contributed by atoms with Crippen LogP contribution in [-0.2, 0) is 4.74 Å². The van der Waals surface area contributed by atoms with E-state index in [2.05, 4.69) is 54.7 Å². The summed E-state index contributed by atoms with van der Waals surface area (Å²) in [6, 6.07) is 19.0. The van der Waals surface area contributed by atoms with Crippen molar-refractivity contribution in [3.63, 3.8) is 0 Å². The summed E-state index contributed by atoms with van der Waals surface area (Å²) in [7, 11) is 3.44. The van der Waals surface area contributed by atoms with Gasteiger partial charge in [0.2, 0.25) is 0 Å². The number of benzene rings is 2. The molecule has 0 saturated heterocycles. The molecule has 2 aromatic rings. The molecule has 0 saturated carbocycles. The Hall–Kier alpha value is -1.65. The van der Waals surface area contributed by atoms with Crippen LogP contribution in [0.1, 0.15) is 31.4 Å². The third-order valence-corrected chi connectivity index (χ3v) is 5.22. The molecule has 0 bridgehead atoms. The van der Waals surface area contributed by atoms with Crippen LogP contribution in [0, 0.1) is 0 Å². The summed E-state index contributed by atoms with van der Waals surface area (Å²) in [6.45, 7) is 2.23. The Kier molecular flexibility index (Phi) is 7.99. The highest BCUT2D eigenvalue weighted by atomic mass is 32.2. The summed E-state index contributed by atoms with van der Waals surface area (Å²) in [5.74, 6) is 1.58. The predicted molar refractivity (Wildman–Crippen MR) is 104 cm³/mol. The fraction of sp³-hybridized carbons (Fsp3) is 0.400. The Morgan fingerprint density at radius 1 is 1.00 bits per heavy atom. The average molecular weight is 346 g/mol. The SMILES string of the molecule is CCCC(SCOC)C(Nc1ccc(OC)cc1)c1ccccc1. The number of hydrogen-bond acceptors (Lipinski definition) is 4. The fourth-order valence-electron chi connectivity index (χ4n) is 2.70. The van der Waals surface area contributed by atoms with E-state index >= 15 is 0 Å². The van der Waals surface area contributed by atoms with Crippen molar-refractivity contribution in [3.05, 3.63) is 60.2 Å². The normalized spacial score (nSPS) is 13.3. The molecule has 0 amide bonds. The predicted octanol–water partition coefficient (Wildman–Crippen LogP) is 5.35. The highest BCUT2D eigenvalue weighted by Gasteiger charge is 2.23. The number of thioether (sulfide) groups is 1. The van der Waals surface area contributed by atoms with Crippen LogP contribution < -0.4 is 10.1 Å². The van der Waals surface area contributed by atoms with Crippen LogP contribution in [0.25, 0.3) is 0 Å². The van der Waals surface area contributed by atoms with Gasteiger partial charge in [0.25, 0.3) is 0 Å². The zero-order valence-electron chi connectivity index (χ0n) is 14.7. The second kappa shape index (κ2) is 10.3. The first-order valence-corrected chi connectivity index (χ1v) is 9.39. The van der Waals surface area contributed by atoms with Gasteiger partial charge in [-0.3, -0.25) is 0 Å². The molecule has 0 fully saturated rings. The minimum absolute atomic E-state index is 0.236. The average Bonchev–Trinajstić information content (AvgIpc) is 2.64.